The Labute approximate surface area is 147 Å². The molecule has 4 rings (SSSR count). The monoisotopic (exact) mass is 332 g/mol. The summed E-state index contributed by atoms with van der Waals surface area (Å²) in [7, 11) is 0. The average Bonchev–Trinajstić information content (AvgIpc) is 3.16. The molecule has 1 aromatic carbocycles. The first-order valence-corrected chi connectivity index (χ1v) is 8.71. The maximum Gasteiger partial charge on any atom is 0.210 e. The number of nitrogens with zero attached hydrogens (tertiary/aromatic N) is 2. The minimum absolute atomic E-state index is 0.216. The van der Waals surface area contributed by atoms with Crippen molar-refractivity contribution >= 4 is 0 Å². The quantitative estimate of drug-likeness (QED) is 0.503. The molecule has 1 atom stereocenters. The number of benzene rings is 1. The molecule has 0 aliphatic heterocycles. The minimum atomic E-state index is -0.216. The zero-order chi connectivity index (χ0) is 17.1. The normalized spacial score (nSPS) is 16.3. The Hall–Kier alpha value is -2.81. The molecule has 0 radical (unpaired) electrons. The van der Waals surface area contributed by atoms with Crippen LogP contribution in [0.4, 0.5) is 4.39 Å². The summed E-state index contributed by atoms with van der Waals surface area (Å²) in [6.45, 7) is 1.05. The van der Waals surface area contributed by atoms with Gasteiger partial charge in [0.2, 0.25) is 5.69 Å². The fourth-order valence-corrected chi connectivity index (χ4v) is 3.29. The maximum absolute atomic E-state index is 13.0. The molecule has 124 valence electrons. The third kappa shape index (κ3) is 3.66. The highest BCUT2D eigenvalue weighted by Gasteiger charge is 2.14. The first-order valence-electron chi connectivity index (χ1n) is 8.71. The van der Waals surface area contributed by atoms with Crippen LogP contribution in [0.5, 0.6) is 0 Å². The Morgan fingerprint density at radius 1 is 0.840 bits per heavy atom. The summed E-state index contributed by atoms with van der Waals surface area (Å²) in [6.07, 6.45) is 15.4. The van der Waals surface area contributed by atoms with Crippen molar-refractivity contribution in [3.63, 3.8) is 0 Å². The van der Waals surface area contributed by atoms with E-state index >= 15 is 0 Å². The average molecular weight is 332 g/mol. The predicted molar refractivity (Wildman–Crippen MR) is 95.4 cm³/mol. The van der Waals surface area contributed by atoms with Gasteiger partial charge >= 0.3 is 0 Å². The molecule has 3 heteroatoms. The van der Waals surface area contributed by atoms with Gasteiger partial charge in [-0.25, -0.2) is 8.96 Å². The molecule has 25 heavy (non-hydrogen) atoms. The standard InChI is InChI=1S/C22H21FN2/c23-21-5-7-22(8-6-21)25-15-11-20(12-16-25)19-9-13-24(14-10-19)17-18-3-1-2-4-18/h1,3,5-16,18H,2,4,17H2/q+2/t18-/m1/s1. The first kappa shape index (κ1) is 15.7. The van der Waals surface area contributed by atoms with E-state index in [9.17, 15) is 4.39 Å². The lowest BCUT2D eigenvalue weighted by molar-refractivity contribution is -0.701. The molecule has 2 heterocycles. The number of halogens is 1. The van der Waals surface area contributed by atoms with Gasteiger partial charge in [0.15, 0.2) is 31.3 Å². The fourth-order valence-electron chi connectivity index (χ4n) is 3.29. The molecule has 0 spiro atoms. The second kappa shape index (κ2) is 6.98. The summed E-state index contributed by atoms with van der Waals surface area (Å²) >= 11 is 0. The zero-order valence-corrected chi connectivity index (χ0v) is 14.1. The van der Waals surface area contributed by atoms with Crippen molar-refractivity contribution in [3.8, 4) is 16.8 Å². The van der Waals surface area contributed by atoms with E-state index < -0.39 is 0 Å². The lowest BCUT2D eigenvalue weighted by Crippen LogP contribution is -2.35. The number of rotatable bonds is 4. The van der Waals surface area contributed by atoms with Gasteiger partial charge in [-0.05, 0) is 36.1 Å². The van der Waals surface area contributed by atoms with Gasteiger partial charge in [-0.15, -0.1) is 0 Å². The Bertz CT molecular complexity index is 865. The van der Waals surface area contributed by atoms with Gasteiger partial charge in [-0.3, -0.25) is 0 Å². The van der Waals surface area contributed by atoms with Crippen molar-refractivity contribution in [2.24, 2.45) is 5.92 Å². The van der Waals surface area contributed by atoms with E-state index in [1.807, 2.05) is 17.0 Å². The van der Waals surface area contributed by atoms with Crippen LogP contribution in [0.25, 0.3) is 16.8 Å². The molecule has 2 nitrogen and oxygen atoms in total. The molecule has 3 aromatic rings. The summed E-state index contributed by atoms with van der Waals surface area (Å²) in [5.41, 5.74) is 3.32. The van der Waals surface area contributed by atoms with E-state index in [0.717, 1.165) is 12.2 Å². The van der Waals surface area contributed by atoms with Crippen LogP contribution in [0, 0.1) is 11.7 Å². The van der Waals surface area contributed by atoms with Gasteiger partial charge in [0.05, 0.1) is 0 Å². The molecular weight excluding hydrogens is 311 g/mol. The van der Waals surface area contributed by atoms with Crippen molar-refractivity contribution in [1.29, 1.82) is 0 Å². The molecule has 0 unspecified atom stereocenters. The maximum atomic E-state index is 13.0. The summed E-state index contributed by atoms with van der Waals surface area (Å²) in [6, 6.07) is 15.0. The van der Waals surface area contributed by atoms with Crippen LogP contribution in [0.1, 0.15) is 12.8 Å². The van der Waals surface area contributed by atoms with Gasteiger partial charge in [-0.2, -0.15) is 4.57 Å². The lowest BCUT2D eigenvalue weighted by Gasteiger charge is -2.04. The zero-order valence-electron chi connectivity index (χ0n) is 14.1. The van der Waals surface area contributed by atoms with E-state index in [0.29, 0.717) is 5.92 Å². The van der Waals surface area contributed by atoms with Gasteiger partial charge in [-0.1, -0.05) is 12.2 Å². The smallest absolute Gasteiger partial charge is 0.207 e. The van der Waals surface area contributed by atoms with Crippen molar-refractivity contribution in [2.45, 2.75) is 19.4 Å². The third-order valence-corrected chi connectivity index (χ3v) is 4.74. The second-order valence-electron chi connectivity index (χ2n) is 6.52. The molecule has 0 bridgehead atoms. The third-order valence-electron chi connectivity index (χ3n) is 4.74. The Kier molecular flexibility index (Phi) is 4.38. The topological polar surface area (TPSA) is 7.76 Å². The van der Waals surface area contributed by atoms with Crippen LogP contribution in [-0.4, -0.2) is 0 Å². The molecule has 0 amide bonds. The lowest BCUT2D eigenvalue weighted by atomic mass is 10.1. The van der Waals surface area contributed by atoms with Crippen LogP contribution in [0.2, 0.25) is 0 Å². The highest BCUT2D eigenvalue weighted by atomic mass is 19.1. The number of pyridine rings is 2. The molecule has 0 fully saturated rings. The van der Waals surface area contributed by atoms with Crippen LogP contribution < -0.4 is 9.13 Å². The van der Waals surface area contributed by atoms with E-state index in [1.54, 1.807) is 12.1 Å². The van der Waals surface area contributed by atoms with Crippen LogP contribution in [0.3, 0.4) is 0 Å². The molecule has 1 aliphatic rings. The van der Waals surface area contributed by atoms with E-state index in [-0.39, 0.29) is 5.82 Å². The van der Waals surface area contributed by atoms with Gasteiger partial charge in [0, 0.05) is 42.3 Å². The Morgan fingerprint density at radius 2 is 1.48 bits per heavy atom. The Morgan fingerprint density at radius 3 is 2.08 bits per heavy atom. The molecule has 0 saturated heterocycles. The van der Waals surface area contributed by atoms with Crippen LogP contribution >= 0.6 is 0 Å². The molecule has 0 saturated carbocycles. The SMILES string of the molecule is Fc1ccc(-[n+]2ccc(-c3cc[n+](C[C@@H]4C=CCC4)cc3)cc2)cc1. The molecular formula is C22H21FN2+2. The summed E-state index contributed by atoms with van der Waals surface area (Å²) in [5.74, 6) is 0.453. The van der Waals surface area contributed by atoms with Crippen LogP contribution in [-0.2, 0) is 6.54 Å². The molecule has 2 aromatic heterocycles. The largest absolute Gasteiger partial charge is 0.210 e. The van der Waals surface area contributed by atoms with E-state index in [2.05, 4.69) is 53.4 Å². The van der Waals surface area contributed by atoms with E-state index in [4.69, 9.17) is 0 Å². The van der Waals surface area contributed by atoms with Gasteiger partial charge in [0.25, 0.3) is 0 Å². The summed E-state index contributed by atoms with van der Waals surface area (Å²) < 4.78 is 17.3. The number of allylic oxidation sites excluding steroid dienone is 2. The summed E-state index contributed by atoms with van der Waals surface area (Å²) in [5, 5.41) is 0. The summed E-state index contributed by atoms with van der Waals surface area (Å²) in [4.78, 5) is 0. The van der Waals surface area contributed by atoms with E-state index in [1.165, 1.54) is 36.1 Å². The van der Waals surface area contributed by atoms with Crippen molar-refractivity contribution < 1.29 is 13.5 Å². The number of aromatic nitrogens is 2. The van der Waals surface area contributed by atoms with Crippen LogP contribution in [0.15, 0.2) is 85.5 Å². The van der Waals surface area contributed by atoms with Crippen molar-refractivity contribution in [2.75, 3.05) is 0 Å². The first-order chi connectivity index (χ1) is 12.3. The van der Waals surface area contributed by atoms with Gasteiger partial charge < -0.3 is 0 Å². The Balaban J connectivity index is 1.49. The fraction of sp³-hybridized carbons (Fsp3) is 0.182. The number of hydrogen-bond donors (Lipinski definition) is 0. The second-order valence-corrected chi connectivity index (χ2v) is 6.52. The number of hydrogen-bond acceptors (Lipinski definition) is 0. The molecule has 1 aliphatic carbocycles. The van der Waals surface area contributed by atoms with Crippen molar-refractivity contribution in [3.05, 3.63) is 91.3 Å². The highest BCUT2D eigenvalue weighted by molar-refractivity contribution is 5.61. The van der Waals surface area contributed by atoms with Crippen molar-refractivity contribution in [1.82, 2.24) is 0 Å². The highest BCUT2D eigenvalue weighted by Crippen LogP contribution is 2.18. The minimum Gasteiger partial charge on any atom is -0.207 e. The van der Waals surface area contributed by atoms with Gasteiger partial charge in [0.1, 0.15) is 5.82 Å². The predicted octanol–water partition coefficient (Wildman–Crippen LogP) is 4.02. The molecule has 0 N–H and O–H groups in total.